The summed E-state index contributed by atoms with van der Waals surface area (Å²) in [6.45, 7) is 0. The average Bonchev–Trinajstić information content (AvgIpc) is 1.85. The molecule has 1 aromatic rings. The second-order valence-corrected chi connectivity index (χ2v) is 2.79. The first kappa shape index (κ1) is 11.9. The minimum atomic E-state index is -4.63. The molecule has 0 saturated carbocycles. The van der Waals surface area contributed by atoms with Gasteiger partial charge in [0.25, 0.3) is 10.4 Å². The molecule has 0 aliphatic rings. The number of hydrogen-bond acceptors (Lipinski definition) is 4. The molecule has 0 aliphatic carbocycles. The Morgan fingerprint density at radius 3 is 2.08 bits per heavy atom. The Bertz CT molecular complexity index is 321. The van der Waals surface area contributed by atoms with E-state index in [2.05, 4.69) is 4.18 Å². The SMILES string of the molecule is O=S(=O)([O-])Oc1ccccc1.[Na+]. The summed E-state index contributed by atoms with van der Waals surface area (Å²) < 4.78 is 34.1. The van der Waals surface area contributed by atoms with Crippen LogP contribution in [0.1, 0.15) is 0 Å². The third-order valence-electron chi connectivity index (χ3n) is 0.941. The van der Waals surface area contributed by atoms with E-state index < -0.39 is 10.4 Å². The maximum Gasteiger partial charge on any atom is 1.00 e. The maximum absolute atomic E-state index is 10.0. The Hall–Kier alpha value is -0.0700. The molecule has 0 unspecified atom stereocenters. The van der Waals surface area contributed by atoms with Crippen molar-refractivity contribution in [1.29, 1.82) is 0 Å². The van der Waals surface area contributed by atoms with Gasteiger partial charge in [0.2, 0.25) is 0 Å². The summed E-state index contributed by atoms with van der Waals surface area (Å²) in [6.07, 6.45) is 0. The minimum absolute atomic E-state index is 0. The molecule has 1 rings (SSSR count). The number of para-hydroxylation sites is 1. The van der Waals surface area contributed by atoms with Crippen molar-refractivity contribution in [3.8, 4) is 5.75 Å². The average molecular weight is 196 g/mol. The van der Waals surface area contributed by atoms with E-state index >= 15 is 0 Å². The van der Waals surface area contributed by atoms with Crippen LogP contribution in [0.2, 0.25) is 0 Å². The largest absolute Gasteiger partial charge is 1.00 e. The maximum atomic E-state index is 10.0. The Morgan fingerprint density at radius 2 is 1.67 bits per heavy atom. The first-order chi connectivity index (χ1) is 5.08. The van der Waals surface area contributed by atoms with E-state index in [0.29, 0.717) is 0 Å². The van der Waals surface area contributed by atoms with Crippen LogP contribution in [0.3, 0.4) is 0 Å². The zero-order valence-electron chi connectivity index (χ0n) is 6.43. The van der Waals surface area contributed by atoms with E-state index in [1.165, 1.54) is 12.1 Å². The molecular formula is C6H5NaO4S. The molecule has 0 saturated heterocycles. The quantitative estimate of drug-likeness (QED) is 0.298. The van der Waals surface area contributed by atoms with Gasteiger partial charge in [-0.15, -0.1) is 0 Å². The molecule has 12 heavy (non-hydrogen) atoms. The van der Waals surface area contributed by atoms with Gasteiger partial charge in [0.15, 0.2) is 0 Å². The number of benzene rings is 1. The van der Waals surface area contributed by atoms with Crippen molar-refractivity contribution in [2.24, 2.45) is 0 Å². The molecule has 0 atom stereocenters. The Balaban J connectivity index is 0.00000121. The summed E-state index contributed by atoms with van der Waals surface area (Å²) in [5, 5.41) is 0. The molecule has 0 aromatic heterocycles. The van der Waals surface area contributed by atoms with Crippen LogP contribution in [0.4, 0.5) is 0 Å². The molecule has 4 nitrogen and oxygen atoms in total. The van der Waals surface area contributed by atoms with Gasteiger partial charge in [0.1, 0.15) is 5.75 Å². The Morgan fingerprint density at radius 1 is 1.17 bits per heavy atom. The molecule has 0 bridgehead atoms. The first-order valence-electron chi connectivity index (χ1n) is 2.78. The molecular weight excluding hydrogens is 191 g/mol. The Labute approximate surface area is 92.8 Å². The number of hydrogen-bond donors (Lipinski definition) is 0. The minimum Gasteiger partial charge on any atom is -0.716 e. The van der Waals surface area contributed by atoms with Gasteiger partial charge in [0.05, 0.1) is 0 Å². The van der Waals surface area contributed by atoms with Gasteiger partial charge in [-0.1, -0.05) is 18.2 Å². The molecule has 0 aliphatic heterocycles. The van der Waals surface area contributed by atoms with Gasteiger partial charge in [-0.3, -0.25) is 0 Å². The van der Waals surface area contributed by atoms with Crippen LogP contribution in [0, 0.1) is 0 Å². The predicted octanol–water partition coefficient (Wildman–Crippen LogP) is -2.47. The van der Waals surface area contributed by atoms with Crippen LogP contribution >= 0.6 is 0 Å². The van der Waals surface area contributed by atoms with E-state index in [4.69, 9.17) is 0 Å². The second-order valence-electron chi connectivity index (χ2n) is 1.80. The fraction of sp³-hybridized carbons (Fsp3) is 0. The standard InChI is InChI=1S/C6H6O4S.Na/c7-11(8,9)10-6-4-2-1-3-5-6;/h1-5H,(H,7,8,9);/q;+1/p-1. The summed E-state index contributed by atoms with van der Waals surface area (Å²) in [7, 11) is -4.63. The van der Waals surface area contributed by atoms with Crippen LogP contribution in [0.25, 0.3) is 0 Å². The van der Waals surface area contributed by atoms with Gasteiger partial charge in [-0.05, 0) is 12.1 Å². The van der Waals surface area contributed by atoms with Gasteiger partial charge < -0.3 is 8.74 Å². The summed E-state index contributed by atoms with van der Waals surface area (Å²) in [6, 6.07) is 7.59. The molecule has 0 N–H and O–H groups in total. The van der Waals surface area contributed by atoms with E-state index in [1.807, 2.05) is 0 Å². The van der Waals surface area contributed by atoms with E-state index in [0.717, 1.165) is 0 Å². The molecule has 1 aromatic carbocycles. The van der Waals surface area contributed by atoms with Crippen LogP contribution in [0.15, 0.2) is 30.3 Å². The first-order valence-corrected chi connectivity index (χ1v) is 4.11. The summed E-state index contributed by atoms with van der Waals surface area (Å²) in [4.78, 5) is 0. The molecule has 6 heteroatoms. The monoisotopic (exact) mass is 196 g/mol. The van der Waals surface area contributed by atoms with Crippen molar-refractivity contribution in [3.63, 3.8) is 0 Å². The third kappa shape index (κ3) is 4.74. The molecule has 0 fully saturated rings. The van der Waals surface area contributed by atoms with Crippen molar-refractivity contribution in [2.45, 2.75) is 0 Å². The topological polar surface area (TPSA) is 66.4 Å². The van der Waals surface area contributed by atoms with E-state index in [9.17, 15) is 13.0 Å². The van der Waals surface area contributed by atoms with Crippen molar-refractivity contribution in [2.75, 3.05) is 0 Å². The normalized spacial score (nSPS) is 10.1. The summed E-state index contributed by atoms with van der Waals surface area (Å²) in [5.41, 5.74) is 0. The fourth-order valence-electron chi connectivity index (χ4n) is 0.594. The van der Waals surface area contributed by atoms with Crippen LogP contribution < -0.4 is 33.7 Å². The predicted molar refractivity (Wildman–Crippen MR) is 36.8 cm³/mol. The zero-order valence-corrected chi connectivity index (χ0v) is 9.24. The van der Waals surface area contributed by atoms with E-state index in [1.54, 1.807) is 18.2 Å². The second kappa shape index (κ2) is 4.84. The molecule has 0 radical (unpaired) electrons. The molecule has 60 valence electrons. The molecule has 0 spiro atoms. The van der Waals surface area contributed by atoms with Crippen molar-refractivity contribution >= 4 is 10.4 Å². The van der Waals surface area contributed by atoms with Gasteiger partial charge in [0, 0.05) is 0 Å². The number of rotatable bonds is 2. The molecule has 0 amide bonds. The van der Waals surface area contributed by atoms with Crippen molar-refractivity contribution in [1.82, 2.24) is 0 Å². The van der Waals surface area contributed by atoms with Gasteiger partial charge in [-0.25, -0.2) is 8.42 Å². The summed E-state index contributed by atoms with van der Waals surface area (Å²) in [5.74, 6) is 0.0301. The van der Waals surface area contributed by atoms with Crippen LogP contribution in [0.5, 0.6) is 5.75 Å². The van der Waals surface area contributed by atoms with Gasteiger partial charge in [-0.2, -0.15) is 0 Å². The summed E-state index contributed by atoms with van der Waals surface area (Å²) >= 11 is 0. The van der Waals surface area contributed by atoms with Crippen molar-refractivity contribution in [3.05, 3.63) is 30.3 Å². The Kier molecular flexibility index (Phi) is 4.81. The smallest absolute Gasteiger partial charge is 0.716 e. The molecule has 0 heterocycles. The van der Waals surface area contributed by atoms with Crippen LogP contribution in [-0.4, -0.2) is 13.0 Å². The van der Waals surface area contributed by atoms with Gasteiger partial charge >= 0.3 is 29.6 Å². The zero-order chi connectivity index (χ0) is 8.32. The van der Waals surface area contributed by atoms with Crippen LogP contribution in [-0.2, 0) is 10.4 Å². The fourth-order valence-corrected chi connectivity index (χ4v) is 0.941. The third-order valence-corrected chi connectivity index (χ3v) is 1.34. The van der Waals surface area contributed by atoms with Crippen molar-refractivity contribution < 1.29 is 46.7 Å². The van der Waals surface area contributed by atoms with E-state index in [-0.39, 0.29) is 35.3 Å².